The summed E-state index contributed by atoms with van der Waals surface area (Å²) in [5, 5.41) is 3.61. The van der Waals surface area contributed by atoms with E-state index in [2.05, 4.69) is 24.1 Å². The standard InChI is InChI=1S/C17H32N2O2/c1-3-5-12-21-13-11-19-16(14-9-6-7-10-14)18-15(8-4-2)17(19)20/h14-16,18H,3-13H2,1-2H3. The maximum atomic E-state index is 12.6. The lowest BCUT2D eigenvalue weighted by Crippen LogP contribution is -2.44. The molecule has 0 aromatic carbocycles. The lowest BCUT2D eigenvalue weighted by atomic mass is 10.0. The summed E-state index contributed by atoms with van der Waals surface area (Å²) in [5.41, 5.74) is 0. The smallest absolute Gasteiger partial charge is 0.241 e. The zero-order valence-electron chi connectivity index (χ0n) is 13.8. The maximum absolute atomic E-state index is 12.6. The molecule has 1 aliphatic carbocycles. The molecule has 2 aliphatic rings. The van der Waals surface area contributed by atoms with Crippen LogP contribution in [-0.2, 0) is 9.53 Å². The summed E-state index contributed by atoms with van der Waals surface area (Å²) in [7, 11) is 0. The Bertz CT molecular complexity index is 316. The summed E-state index contributed by atoms with van der Waals surface area (Å²) in [5.74, 6) is 0.944. The fraction of sp³-hybridized carbons (Fsp3) is 0.941. The van der Waals surface area contributed by atoms with Crippen molar-refractivity contribution in [2.45, 2.75) is 77.4 Å². The molecule has 21 heavy (non-hydrogen) atoms. The lowest BCUT2D eigenvalue weighted by Gasteiger charge is -2.28. The largest absolute Gasteiger partial charge is 0.380 e. The number of hydrogen-bond acceptors (Lipinski definition) is 3. The van der Waals surface area contributed by atoms with Crippen molar-refractivity contribution in [3.8, 4) is 0 Å². The van der Waals surface area contributed by atoms with E-state index < -0.39 is 0 Å². The Labute approximate surface area is 129 Å². The van der Waals surface area contributed by atoms with Gasteiger partial charge >= 0.3 is 0 Å². The van der Waals surface area contributed by atoms with Crippen LogP contribution in [0.2, 0.25) is 0 Å². The van der Waals surface area contributed by atoms with Gasteiger partial charge in [-0.25, -0.2) is 0 Å². The first kappa shape index (κ1) is 16.8. The summed E-state index contributed by atoms with van der Waals surface area (Å²) in [6, 6.07) is 0.0382. The van der Waals surface area contributed by atoms with Crippen molar-refractivity contribution in [1.29, 1.82) is 0 Å². The van der Waals surface area contributed by atoms with E-state index >= 15 is 0 Å². The topological polar surface area (TPSA) is 41.6 Å². The van der Waals surface area contributed by atoms with Crippen molar-refractivity contribution >= 4 is 5.91 Å². The molecule has 2 unspecified atom stereocenters. The molecule has 2 rings (SSSR count). The highest BCUT2D eigenvalue weighted by Crippen LogP contribution is 2.32. The average molecular weight is 296 g/mol. The van der Waals surface area contributed by atoms with Crippen LogP contribution in [0.4, 0.5) is 0 Å². The Balaban J connectivity index is 1.87. The number of unbranched alkanes of at least 4 members (excludes halogenated alkanes) is 1. The monoisotopic (exact) mass is 296 g/mol. The highest BCUT2D eigenvalue weighted by Gasteiger charge is 2.42. The van der Waals surface area contributed by atoms with Gasteiger partial charge in [0.25, 0.3) is 0 Å². The number of nitrogens with one attached hydrogen (secondary N) is 1. The van der Waals surface area contributed by atoms with Gasteiger partial charge < -0.3 is 9.64 Å². The lowest BCUT2D eigenvalue weighted by molar-refractivity contribution is -0.131. The van der Waals surface area contributed by atoms with Crippen molar-refractivity contribution in [1.82, 2.24) is 10.2 Å². The van der Waals surface area contributed by atoms with Crippen LogP contribution < -0.4 is 5.32 Å². The molecule has 0 bridgehead atoms. The molecule has 2 atom stereocenters. The van der Waals surface area contributed by atoms with E-state index in [1.54, 1.807) is 0 Å². The summed E-state index contributed by atoms with van der Waals surface area (Å²) >= 11 is 0. The van der Waals surface area contributed by atoms with Gasteiger partial charge in [-0.2, -0.15) is 0 Å². The molecule has 1 amide bonds. The first-order valence-electron chi connectivity index (χ1n) is 8.92. The van der Waals surface area contributed by atoms with Crippen molar-refractivity contribution in [2.24, 2.45) is 5.92 Å². The van der Waals surface area contributed by atoms with Crippen molar-refractivity contribution in [3.63, 3.8) is 0 Å². The molecule has 1 aliphatic heterocycles. The normalized spacial score (nSPS) is 27.0. The van der Waals surface area contributed by atoms with Crippen molar-refractivity contribution < 1.29 is 9.53 Å². The van der Waals surface area contributed by atoms with Gasteiger partial charge in [-0.05, 0) is 31.6 Å². The minimum atomic E-state index is 0.0382. The molecule has 0 aromatic heterocycles. The van der Waals surface area contributed by atoms with Crippen LogP contribution in [0.1, 0.15) is 65.2 Å². The van der Waals surface area contributed by atoms with Gasteiger partial charge in [0.15, 0.2) is 0 Å². The highest BCUT2D eigenvalue weighted by molar-refractivity contribution is 5.84. The zero-order chi connectivity index (χ0) is 15.1. The summed E-state index contributed by atoms with van der Waals surface area (Å²) in [4.78, 5) is 14.7. The predicted molar refractivity (Wildman–Crippen MR) is 85.0 cm³/mol. The van der Waals surface area contributed by atoms with Gasteiger partial charge in [-0.3, -0.25) is 10.1 Å². The molecule has 1 saturated carbocycles. The fourth-order valence-corrected chi connectivity index (χ4v) is 3.62. The van der Waals surface area contributed by atoms with Crippen LogP contribution in [-0.4, -0.2) is 42.8 Å². The van der Waals surface area contributed by atoms with Crippen molar-refractivity contribution in [2.75, 3.05) is 19.8 Å². The van der Waals surface area contributed by atoms with Crippen LogP contribution in [0.15, 0.2) is 0 Å². The van der Waals surface area contributed by atoms with Gasteiger partial charge in [0.1, 0.15) is 0 Å². The Morgan fingerprint density at radius 3 is 2.62 bits per heavy atom. The minimum Gasteiger partial charge on any atom is -0.380 e. The number of carbonyl (C=O) groups is 1. The second-order valence-electron chi connectivity index (χ2n) is 6.49. The van der Waals surface area contributed by atoms with Gasteiger partial charge in [0, 0.05) is 13.2 Å². The quantitative estimate of drug-likeness (QED) is 0.665. The minimum absolute atomic E-state index is 0.0382. The number of hydrogen-bond donors (Lipinski definition) is 1. The Morgan fingerprint density at radius 1 is 1.19 bits per heavy atom. The maximum Gasteiger partial charge on any atom is 0.241 e. The van der Waals surface area contributed by atoms with E-state index in [0.717, 1.165) is 38.8 Å². The van der Waals surface area contributed by atoms with Crippen LogP contribution >= 0.6 is 0 Å². The van der Waals surface area contributed by atoms with Gasteiger partial charge in [0.2, 0.25) is 5.91 Å². The summed E-state index contributed by atoms with van der Waals surface area (Å²) in [6.07, 6.45) is 9.69. The molecular weight excluding hydrogens is 264 g/mol. The molecular formula is C17H32N2O2. The SMILES string of the molecule is CCCCOCCN1C(=O)C(CCC)NC1C1CCCC1. The van der Waals surface area contributed by atoms with E-state index in [0.29, 0.717) is 18.4 Å². The van der Waals surface area contributed by atoms with Crippen LogP contribution in [0.25, 0.3) is 0 Å². The van der Waals surface area contributed by atoms with Gasteiger partial charge in [0.05, 0.1) is 18.8 Å². The first-order valence-corrected chi connectivity index (χ1v) is 8.92. The van der Waals surface area contributed by atoms with E-state index in [9.17, 15) is 4.79 Å². The van der Waals surface area contributed by atoms with Crippen LogP contribution in [0, 0.1) is 5.92 Å². The Morgan fingerprint density at radius 2 is 1.95 bits per heavy atom. The molecule has 4 nitrogen and oxygen atoms in total. The first-order chi connectivity index (χ1) is 10.3. The number of rotatable bonds is 9. The van der Waals surface area contributed by atoms with Crippen LogP contribution in [0.5, 0.6) is 0 Å². The molecule has 1 N–H and O–H groups in total. The van der Waals surface area contributed by atoms with E-state index in [4.69, 9.17) is 4.74 Å². The molecule has 4 heteroatoms. The third kappa shape index (κ3) is 4.43. The van der Waals surface area contributed by atoms with Gasteiger partial charge in [-0.15, -0.1) is 0 Å². The second kappa shape index (κ2) is 8.74. The third-order valence-corrected chi connectivity index (χ3v) is 4.83. The van der Waals surface area contributed by atoms with E-state index in [1.165, 1.54) is 25.7 Å². The second-order valence-corrected chi connectivity index (χ2v) is 6.49. The molecule has 0 radical (unpaired) electrons. The number of ether oxygens (including phenoxy) is 1. The molecule has 122 valence electrons. The fourth-order valence-electron chi connectivity index (χ4n) is 3.62. The third-order valence-electron chi connectivity index (χ3n) is 4.83. The molecule has 0 aromatic rings. The highest BCUT2D eigenvalue weighted by atomic mass is 16.5. The molecule has 1 saturated heterocycles. The Hall–Kier alpha value is -0.610. The number of nitrogens with zero attached hydrogens (tertiary/aromatic N) is 1. The number of carbonyl (C=O) groups excluding carboxylic acids is 1. The van der Waals surface area contributed by atoms with Crippen molar-refractivity contribution in [3.05, 3.63) is 0 Å². The molecule has 0 spiro atoms. The van der Waals surface area contributed by atoms with Gasteiger partial charge in [-0.1, -0.05) is 39.5 Å². The number of amides is 1. The van der Waals surface area contributed by atoms with E-state index in [1.807, 2.05) is 0 Å². The zero-order valence-corrected chi connectivity index (χ0v) is 13.8. The summed E-state index contributed by atoms with van der Waals surface area (Å²) < 4.78 is 5.67. The predicted octanol–water partition coefficient (Wildman–Crippen LogP) is 2.92. The van der Waals surface area contributed by atoms with E-state index in [-0.39, 0.29) is 12.2 Å². The summed E-state index contributed by atoms with van der Waals surface area (Å²) in [6.45, 7) is 6.56. The Kier molecular flexibility index (Phi) is 6.97. The molecule has 1 heterocycles. The average Bonchev–Trinajstić information content (AvgIpc) is 3.10. The molecule has 2 fully saturated rings. The van der Waals surface area contributed by atoms with Crippen LogP contribution in [0.3, 0.4) is 0 Å².